The van der Waals surface area contributed by atoms with Crippen LogP contribution in [0.5, 0.6) is 0 Å². The van der Waals surface area contributed by atoms with Crippen molar-refractivity contribution in [2.45, 2.75) is 26.2 Å². The predicted octanol–water partition coefficient (Wildman–Crippen LogP) is -1.85. The summed E-state index contributed by atoms with van der Waals surface area (Å²) in [5.41, 5.74) is 0. The second kappa shape index (κ2) is 4.43. The topological polar surface area (TPSA) is 0 Å². The van der Waals surface area contributed by atoms with Crippen LogP contribution < -0.4 is 29.6 Å². The first-order chi connectivity index (χ1) is 3.81. The van der Waals surface area contributed by atoms with E-state index < -0.39 is 8.24 Å². The Balaban J connectivity index is -0.000000320. The van der Waals surface area contributed by atoms with Gasteiger partial charge in [-0.2, -0.15) is 0 Å². The Morgan fingerprint density at radius 2 is 1.50 bits per heavy atom. The van der Waals surface area contributed by atoms with Crippen molar-refractivity contribution < 1.29 is 34.8 Å². The molecule has 0 rings (SSSR count). The summed E-state index contributed by atoms with van der Waals surface area (Å²) in [5, 5.41) is 0. The Hall–Kier alpha value is 1.39. The fourth-order valence-corrected chi connectivity index (χ4v) is 4.27. The molecule has 0 N–H and O–H groups in total. The van der Waals surface area contributed by atoms with Gasteiger partial charge in [-0.25, -0.2) is 0 Å². The number of quaternary nitrogens is 1. The Kier molecular flexibility index (Phi) is 6.18. The standard InChI is InChI=1S/C6H20NSi2.Na.H/c1-7(2,8-3)9(4,5)6;;/h8H2,1-6H3;;/q2*+1;-1. The van der Waals surface area contributed by atoms with Crippen molar-refractivity contribution >= 4 is 17.9 Å². The van der Waals surface area contributed by atoms with Gasteiger partial charge in [-0.1, -0.05) is 0 Å². The summed E-state index contributed by atoms with van der Waals surface area (Å²) < 4.78 is 1.37. The maximum atomic E-state index is 2.45. The monoisotopic (exact) mass is 186 g/mol. The number of nitrogens with zero attached hydrogens (tertiary/aromatic N) is 1. The molecule has 0 atom stereocenters. The predicted molar refractivity (Wildman–Crippen MR) is 51.0 cm³/mol. The van der Waals surface area contributed by atoms with Gasteiger partial charge < -0.3 is 5.24 Å². The van der Waals surface area contributed by atoms with Gasteiger partial charge in [-0.15, -0.1) is 0 Å². The van der Waals surface area contributed by atoms with Gasteiger partial charge in [0.15, 0.2) is 0 Å². The fourth-order valence-electron chi connectivity index (χ4n) is 0.474. The van der Waals surface area contributed by atoms with Crippen molar-refractivity contribution in [3.8, 4) is 0 Å². The molecule has 1 nitrogen and oxygen atoms in total. The third-order valence-corrected chi connectivity index (χ3v) is 11.6. The van der Waals surface area contributed by atoms with Crippen LogP contribution in [0.4, 0.5) is 0 Å². The smallest absolute Gasteiger partial charge is 1.00 e. The van der Waals surface area contributed by atoms with E-state index in [0.29, 0.717) is 0 Å². The molecule has 4 heteroatoms. The van der Waals surface area contributed by atoms with E-state index in [1.165, 1.54) is 3.81 Å². The van der Waals surface area contributed by atoms with Crippen LogP contribution in [0, 0.1) is 0 Å². The zero-order chi connectivity index (χ0) is 7.71. The molecular formula is C6H21NNaSi2+. The molecule has 0 aliphatic rings. The first kappa shape index (κ1) is 13.9. The Morgan fingerprint density at radius 1 is 1.20 bits per heavy atom. The molecule has 0 aliphatic carbocycles. The molecule has 0 aromatic heterocycles. The molecule has 0 aliphatic heterocycles. The summed E-state index contributed by atoms with van der Waals surface area (Å²) in [6.07, 6.45) is 0. The van der Waals surface area contributed by atoms with Crippen molar-refractivity contribution in [1.82, 2.24) is 0 Å². The van der Waals surface area contributed by atoms with Crippen molar-refractivity contribution in [2.24, 2.45) is 0 Å². The normalized spacial score (nSPS) is 13.8. The van der Waals surface area contributed by atoms with Crippen LogP contribution in [0.25, 0.3) is 0 Å². The largest absolute Gasteiger partial charge is 1.00 e. The van der Waals surface area contributed by atoms with Gasteiger partial charge in [0.25, 0.3) is 8.24 Å². The number of hydrogen-bond donors (Lipinski definition) is 0. The van der Waals surface area contributed by atoms with E-state index in [2.05, 4.69) is 40.3 Å². The van der Waals surface area contributed by atoms with Gasteiger partial charge >= 0.3 is 29.6 Å². The van der Waals surface area contributed by atoms with Crippen LogP contribution >= 0.6 is 0 Å². The molecule has 0 aromatic rings. The first-order valence-electron chi connectivity index (χ1n) is 3.64. The molecule has 0 bridgehead atoms. The average Bonchev–Trinajstić information content (AvgIpc) is 1.64. The molecule has 0 spiro atoms. The van der Waals surface area contributed by atoms with Gasteiger partial charge in [-0.05, 0) is 26.2 Å². The van der Waals surface area contributed by atoms with Crippen LogP contribution in [0.2, 0.25) is 26.2 Å². The maximum absolute atomic E-state index is 2.45. The maximum Gasteiger partial charge on any atom is 1.00 e. The van der Waals surface area contributed by atoms with E-state index in [-0.39, 0.29) is 40.7 Å². The van der Waals surface area contributed by atoms with E-state index >= 15 is 0 Å². The summed E-state index contributed by atoms with van der Waals surface area (Å²) in [5.74, 6) is 0. The second-order valence-corrected chi connectivity index (χ2v) is 12.6. The third-order valence-electron chi connectivity index (χ3n) is 2.61. The fraction of sp³-hybridized carbons (Fsp3) is 1.00. The van der Waals surface area contributed by atoms with E-state index in [0.717, 1.165) is 0 Å². The van der Waals surface area contributed by atoms with Crippen LogP contribution in [0.1, 0.15) is 1.43 Å². The minimum atomic E-state index is -0.886. The minimum Gasteiger partial charge on any atom is -1.00 e. The van der Waals surface area contributed by atoms with Gasteiger partial charge in [0.05, 0.1) is 0 Å². The Labute approximate surface area is 92.5 Å². The van der Waals surface area contributed by atoms with Crippen molar-refractivity contribution in [2.75, 3.05) is 14.1 Å². The molecule has 0 saturated heterocycles. The molecule has 0 aromatic carbocycles. The number of rotatable bonds is 2. The first-order valence-corrected chi connectivity index (χ1v) is 9.14. The van der Waals surface area contributed by atoms with Gasteiger partial charge in [-0.3, -0.25) is 0 Å². The quantitative estimate of drug-likeness (QED) is 0.444. The third kappa shape index (κ3) is 3.69. The molecule has 58 valence electrons. The SMILES string of the molecule is C[SiH2][N+](C)(C)[Si](C)(C)C.[H-].[Na+]. The van der Waals surface area contributed by atoms with Gasteiger partial charge in [0.2, 0.25) is 9.68 Å². The zero-order valence-electron chi connectivity index (χ0n) is 9.65. The van der Waals surface area contributed by atoms with Crippen LogP contribution in [-0.2, 0) is 0 Å². The van der Waals surface area contributed by atoms with Gasteiger partial charge in [0, 0.05) is 14.1 Å². The summed E-state index contributed by atoms with van der Waals surface area (Å²) in [6, 6.07) is 0. The molecule has 0 heterocycles. The number of hydrogen-bond acceptors (Lipinski definition) is 0. The van der Waals surface area contributed by atoms with Crippen LogP contribution in [0.3, 0.4) is 0 Å². The van der Waals surface area contributed by atoms with Crippen molar-refractivity contribution in [3.05, 3.63) is 0 Å². The molecule has 10 heavy (non-hydrogen) atoms. The van der Waals surface area contributed by atoms with Crippen LogP contribution in [0.15, 0.2) is 0 Å². The van der Waals surface area contributed by atoms with E-state index in [1.807, 2.05) is 0 Å². The molecule has 0 amide bonds. The second-order valence-electron chi connectivity index (χ2n) is 4.17. The summed E-state index contributed by atoms with van der Waals surface area (Å²) in [7, 11) is 4.03. The average molecular weight is 186 g/mol. The van der Waals surface area contributed by atoms with Gasteiger partial charge in [0.1, 0.15) is 0 Å². The summed E-state index contributed by atoms with van der Waals surface area (Å²) >= 11 is 0. The molecular weight excluding hydrogens is 165 g/mol. The molecule has 0 fully saturated rings. The van der Waals surface area contributed by atoms with E-state index in [9.17, 15) is 0 Å². The zero-order valence-corrected chi connectivity index (χ0v) is 13.1. The molecule has 0 saturated carbocycles. The van der Waals surface area contributed by atoms with E-state index in [1.54, 1.807) is 0 Å². The van der Waals surface area contributed by atoms with Crippen molar-refractivity contribution in [3.63, 3.8) is 0 Å². The van der Waals surface area contributed by atoms with Crippen molar-refractivity contribution in [1.29, 1.82) is 0 Å². The summed E-state index contributed by atoms with van der Waals surface area (Å²) in [6.45, 7) is 9.74. The summed E-state index contributed by atoms with van der Waals surface area (Å²) in [4.78, 5) is 0. The van der Waals surface area contributed by atoms with E-state index in [4.69, 9.17) is 0 Å². The Morgan fingerprint density at radius 3 is 1.50 bits per heavy atom. The Bertz CT molecular complexity index is 103. The van der Waals surface area contributed by atoms with Crippen LogP contribution in [-0.4, -0.2) is 35.8 Å². The molecule has 0 unspecified atom stereocenters. The molecule has 0 radical (unpaired) electrons. The minimum absolute atomic E-state index is 0.